The molecule has 16 heavy (non-hydrogen) atoms. The van der Waals surface area contributed by atoms with Gasteiger partial charge in [-0.2, -0.15) is 4.98 Å². The minimum atomic E-state index is -0.375. The molecule has 0 amide bonds. The van der Waals surface area contributed by atoms with E-state index in [9.17, 15) is 4.39 Å². The Balaban J connectivity index is 2.83. The van der Waals surface area contributed by atoms with Crippen LogP contribution in [0.5, 0.6) is 5.88 Å². The molecule has 0 atom stereocenters. The molecule has 1 aromatic heterocycles. The Hall–Kier alpha value is -1.23. The van der Waals surface area contributed by atoms with Crippen molar-refractivity contribution >= 4 is 26.8 Å². The standard InChI is InChI=1S/C11H10BrFN2O/c1-3-9-14-10-7(11(15-9)16-2)4-6(12)5-8(10)13/h4-5H,3H2,1-2H3. The van der Waals surface area contributed by atoms with Crippen LogP contribution in [0.15, 0.2) is 16.6 Å². The summed E-state index contributed by atoms with van der Waals surface area (Å²) in [5, 5.41) is 0.576. The summed E-state index contributed by atoms with van der Waals surface area (Å²) in [6.07, 6.45) is 0.641. The van der Waals surface area contributed by atoms with Crippen molar-refractivity contribution in [2.24, 2.45) is 0 Å². The molecule has 0 aliphatic heterocycles. The number of hydrogen-bond donors (Lipinski definition) is 0. The van der Waals surface area contributed by atoms with Crippen molar-refractivity contribution in [3.8, 4) is 5.88 Å². The summed E-state index contributed by atoms with van der Waals surface area (Å²) in [6.45, 7) is 1.91. The highest BCUT2D eigenvalue weighted by atomic mass is 79.9. The van der Waals surface area contributed by atoms with Gasteiger partial charge in [0.05, 0.1) is 12.5 Å². The number of aromatic nitrogens is 2. The van der Waals surface area contributed by atoms with E-state index in [2.05, 4.69) is 25.9 Å². The first-order valence-corrected chi connectivity index (χ1v) is 5.64. The van der Waals surface area contributed by atoms with Crippen LogP contribution < -0.4 is 4.74 Å². The van der Waals surface area contributed by atoms with E-state index in [-0.39, 0.29) is 5.82 Å². The van der Waals surface area contributed by atoms with Crippen LogP contribution >= 0.6 is 15.9 Å². The molecular weight excluding hydrogens is 275 g/mol. The number of benzene rings is 1. The third-order valence-corrected chi connectivity index (χ3v) is 2.70. The average Bonchev–Trinajstić information content (AvgIpc) is 2.28. The largest absolute Gasteiger partial charge is 0.480 e. The number of methoxy groups -OCH3 is 1. The van der Waals surface area contributed by atoms with Crippen LogP contribution in [0.2, 0.25) is 0 Å². The summed E-state index contributed by atoms with van der Waals surface area (Å²) in [4.78, 5) is 8.36. The lowest BCUT2D eigenvalue weighted by Gasteiger charge is -2.07. The Labute approximate surface area is 101 Å². The Kier molecular flexibility index (Phi) is 3.05. The van der Waals surface area contributed by atoms with Gasteiger partial charge in [-0.05, 0) is 12.1 Å². The van der Waals surface area contributed by atoms with Crippen molar-refractivity contribution in [2.45, 2.75) is 13.3 Å². The highest BCUT2D eigenvalue weighted by molar-refractivity contribution is 9.10. The van der Waals surface area contributed by atoms with Gasteiger partial charge < -0.3 is 4.74 Å². The maximum Gasteiger partial charge on any atom is 0.224 e. The molecule has 84 valence electrons. The van der Waals surface area contributed by atoms with Crippen LogP contribution in [0.25, 0.3) is 10.9 Å². The first kappa shape index (κ1) is 11.3. The fraction of sp³-hybridized carbons (Fsp3) is 0.273. The van der Waals surface area contributed by atoms with Gasteiger partial charge >= 0.3 is 0 Å². The molecule has 0 bridgehead atoms. The SMILES string of the molecule is CCc1nc(OC)c2cc(Br)cc(F)c2n1. The van der Waals surface area contributed by atoms with Gasteiger partial charge in [-0.3, -0.25) is 0 Å². The number of halogens is 2. The minimum Gasteiger partial charge on any atom is -0.480 e. The van der Waals surface area contributed by atoms with Gasteiger partial charge in [-0.15, -0.1) is 0 Å². The van der Waals surface area contributed by atoms with Gasteiger partial charge in [0.1, 0.15) is 11.3 Å². The molecule has 3 nitrogen and oxygen atoms in total. The molecule has 2 aromatic rings. The second kappa shape index (κ2) is 4.33. The molecule has 0 spiro atoms. The molecule has 0 saturated heterocycles. The molecule has 1 aromatic carbocycles. The molecule has 5 heteroatoms. The van der Waals surface area contributed by atoms with Gasteiger partial charge in [-0.1, -0.05) is 22.9 Å². The van der Waals surface area contributed by atoms with E-state index in [1.807, 2.05) is 6.92 Å². The number of nitrogens with zero attached hydrogens (tertiary/aromatic N) is 2. The molecule has 0 aliphatic rings. The second-order valence-electron chi connectivity index (χ2n) is 3.29. The quantitative estimate of drug-likeness (QED) is 0.850. The summed E-state index contributed by atoms with van der Waals surface area (Å²) >= 11 is 3.23. The molecule has 0 fully saturated rings. The Morgan fingerprint density at radius 3 is 2.75 bits per heavy atom. The van der Waals surface area contributed by atoms with Crippen LogP contribution in [-0.4, -0.2) is 17.1 Å². The average molecular weight is 285 g/mol. The van der Waals surface area contributed by atoms with E-state index in [0.29, 0.717) is 33.5 Å². The van der Waals surface area contributed by atoms with Crippen LogP contribution in [-0.2, 0) is 6.42 Å². The van der Waals surface area contributed by atoms with Gasteiger partial charge in [-0.25, -0.2) is 9.37 Å². The van der Waals surface area contributed by atoms with Crippen LogP contribution in [0.3, 0.4) is 0 Å². The molecule has 1 heterocycles. The number of aryl methyl sites for hydroxylation is 1. The topological polar surface area (TPSA) is 35.0 Å². The van der Waals surface area contributed by atoms with Gasteiger partial charge in [0.15, 0.2) is 5.82 Å². The first-order valence-electron chi connectivity index (χ1n) is 4.85. The van der Waals surface area contributed by atoms with Crippen LogP contribution in [0, 0.1) is 5.82 Å². The van der Waals surface area contributed by atoms with E-state index in [0.717, 1.165) is 0 Å². The summed E-state index contributed by atoms with van der Waals surface area (Å²) < 4.78 is 19.5. The molecule has 0 N–H and O–H groups in total. The summed E-state index contributed by atoms with van der Waals surface area (Å²) in [6, 6.07) is 3.13. The molecular formula is C11H10BrFN2O. The molecule has 0 unspecified atom stereocenters. The maximum atomic E-state index is 13.7. The fourth-order valence-corrected chi connectivity index (χ4v) is 1.92. The molecule has 0 radical (unpaired) electrons. The first-order chi connectivity index (χ1) is 7.65. The third kappa shape index (κ3) is 1.87. The molecule has 2 rings (SSSR count). The number of fused-ring (bicyclic) bond motifs is 1. The summed E-state index contributed by atoms with van der Waals surface area (Å²) in [5.74, 6) is 0.604. The van der Waals surface area contributed by atoms with Crippen LogP contribution in [0.1, 0.15) is 12.7 Å². The Morgan fingerprint density at radius 1 is 1.38 bits per heavy atom. The van der Waals surface area contributed by atoms with Gasteiger partial charge in [0.25, 0.3) is 0 Å². The van der Waals surface area contributed by atoms with Crippen molar-refractivity contribution in [1.29, 1.82) is 0 Å². The normalized spacial score (nSPS) is 10.8. The molecule has 0 saturated carbocycles. The highest BCUT2D eigenvalue weighted by Crippen LogP contribution is 2.28. The predicted molar refractivity (Wildman–Crippen MR) is 63.1 cm³/mol. The van der Waals surface area contributed by atoms with E-state index in [1.54, 1.807) is 6.07 Å². The molecule has 0 aliphatic carbocycles. The Morgan fingerprint density at radius 2 is 2.12 bits per heavy atom. The van der Waals surface area contributed by atoms with E-state index in [4.69, 9.17) is 4.74 Å². The minimum absolute atomic E-state index is 0.298. The lowest BCUT2D eigenvalue weighted by Crippen LogP contribution is -1.99. The smallest absolute Gasteiger partial charge is 0.224 e. The van der Waals surface area contributed by atoms with E-state index < -0.39 is 0 Å². The zero-order chi connectivity index (χ0) is 11.7. The lowest BCUT2D eigenvalue weighted by molar-refractivity contribution is 0.400. The highest BCUT2D eigenvalue weighted by Gasteiger charge is 2.12. The summed E-state index contributed by atoms with van der Waals surface area (Å²) in [7, 11) is 1.51. The van der Waals surface area contributed by atoms with Crippen molar-refractivity contribution < 1.29 is 9.13 Å². The Bertz CT molecular complexity index is 545. The second-order valence-corrected chi connectivity index (χ2v) is 4.20. The third-order valence-electron chi connectivity index (χ3n) is 2.24. The van der Waals surface area contributed by atoms with Crippen molar-refractivity contribution in [3.63, 3.8) is 0 Å². The van der Waals surface area contributed by atoms with E-state index in [1.165, 1.54) is 13.2 Å². The zero-order valence-electron chi connectivity index (χ0n) is 8.92. The lowest BCUT2D eigenvalue weighted by atomic mass is 10.2. The van der Waals surface area contributed by atoms with Crippen molar-refractivity contribution in [2.75, 3.05) is 7.11 Å². The maximum absolute atomic E-state index is 13.7. The van der Waals surface area contributed by atoms with Crippen LogP contribution in [0.4, 0.5) is 4.39 Å². The van der Waals surface area contributed by atoms with E-state index >= 15 is 0 Å². The van der Waals surface area contributed by atoms with Gasteiger partial charge in [0.2, 0.25) is 5.88 Å². The number of rotatable bonds is 2. The predicted octanol–water partition coefficient (Wildman–Crippen LogP) is 3.10. The summed E-state index contributed by atoms with van der Waals surface area (Å²) in [5.41, 5.74) is 0.298. The van der Waals surface area contributed by atoms with Crippen molar-refractivity contribution in [1.82, 2.24) is 9.97 Å². The fourth-order valence-electron chi connectivity index (χ4n) is 1.49. The number of ether oxygens (including phenoxy) is 1. The zero-order valence-corrected chi connectivity index (χ0v) is 10.5. The number of hydrogen-bond acceptors (Lipinski definition) is 3. The van der Waals surface area contributed by atoms with Gasteiger partial charge in [0, 0.05) is 10.9 Å². The monoisotopic (exact) mass is 284 g/mol. The van der Waals surface area contributed by atoms with Crippen molar-refractivity contribution in [3.05, 3.63) is 28.2 Å².